The number of Topliss-reactive ketones (excluding diaryl/α,β-unsaturated/α-hetero) is 1. The SMILES string of the molecule is Cc1ccc(C2(C#N)CC(=O)C2)o1. The van der Waals surface area contributed by atoms with Gasteiger partial charge in [0, 0.05) is 12.8 Å². The van der Waals surface area contributed by atoms with Crippen molar-refractivity contribution in [2.45, 2.75) is 25.2 Å². The summed E-state index contributed by atoms with van der Waals surface area (Å²) in [5, 5.41) is 8.95. The van der Waals surface area contributed by atoms with E-state index in [1.807, 2.05) is 13.0 Å². The van der Waals surface area contributed by atoms with Crippen LogP contribution < -0.4 is 0 Å². The van der Waals surface area contributed by atoms with Gasteiger partial charge in [0.05, 0.1) is 6.07 Å². The molecule has 0 saturated heterocycles. The van der Waals surface area contributed by atoms with Gasteiger partial charge in [-0.15, -0.1) is 0 Å². The minimum absolute atomic E-state index is 0.135. The first kappa shape index (κ1) is 8.06. The second-order valence-electron chi connectivity index (χ2n) is 3.50. The van der Waals surface area contributed by atoms with Crippen LogP contribution in [0.4, 0.5) is 0 Å². The molecule has 1 heterocycles. The maximum absolute atomic E-state index is 10.9. The molecule has 2 rings (SSSR count). The molecular formula is C10H9NO2. The topological polar surface area (TPSA) is 54.0 Å². The normalized spacial score (nSPS) is 19.2. The van der Waals surface area contributed by atoms with Crippen molar-refractivity contribution in [3.63, 3.8) is 0 Å². The predicted molar refractivity (Wildman–Crippen MR) is 45.0 cm³/mol. The largest absolute Gasteiger partial charge is 0.465 e. The van der Waals surface area contributed by atoms with Crippen molar-refractivity contribution in [3.05, 3.63) is 23.7 Å². The summed E-state index contributed by atoms with van der Waals surface area (Å²) in [7, 11) is 0. The Labute approximate surface area is 76.0 Å². The lowest BCUT2D eigenvalue weighted by Gasteiger charge is -2.31. The van der Waals surface area contributed by atoms with Crippen molar-refractivity contribution >= 4 is 5.78 Å². The van der Waals surface area contributed by atoms with E-state index in [9.17, 15) is 4.79 Å². The van der Waals surface area contributed by atoms with Gasteiger partial charge in [-0.05, 0) is 19.1 Å². The number of furan rings is 1. The van der Waals surface area contributed by atoms with Crippen molar-refractivity contribution in [1.82, 2.24) is 0 Å². The summed E-state index contributed by atoms with van der Waals surface area (Å²) in [6.07, 6.45) is 0.604. The molecule has 0 amide bonds. The molecule has 0 aromatic carbocycles. The molecule has 3 heteroatoms. The molecule has 1 aliphatic carbocycles. The highest BCUT2D eigenvalue weighted by Gasteiger charge is 2.47. The number of nitrogens with zero attached hydrogens (tertiary/aromatic N) is 1. The smallest absolute Gasteiger partial charge is 0.137 e. The van der Waals surface area contributed by atoms with Gasteiger partial charge < -0.3 is 4.42 Å². The highest BCUT2D eigenvalue weighted by Crippen LogP contribution is 2.41. The van der Waals surface area contributed by atoms with Crippen molar-refractivity contribution in [1.29, 1.82) is 5.26 Å². The second-order valence-corrected chi connectivity index (χ2v) is 3.50. The van der Waals surface area contributed by atoms with Gasteiger partial charge >= 0.3 is 0 Å². The van der Waals surface area contributed by atoms with Gasteiger partial charge in [-0.1, -0.05) is 0 Å². The molecule has 0 bridgehead atoms. The van der Waals surface area contributed by atoms with Gasteiger partial charge in [0.1, 0.15) is 22.7 Å². The van der Waals surface area contributed by atoms with Crippen LogP contribution in [0, 0.1) is 18.3 Å². The Morgan fingerprint density at radius 2 is 2.23 bits per heavy atom. The summed E-state index contributed by atoms with van der Waals surface area (Å²) in [5.41, 5.74) is -0.661. The molecule has 0 atom stereocenters. The van der Waals surface area contributed by atoms with Crippen LogP contribution in [0.1, 0.15) is 24.4 Å². The number of hydrogen-bond acceptors (Lipinski definition) is 3. The maximum Gasteiger partial charge on any atom is 0.137 e. The molecule has 0 aliphatic heterocycles. The van der Waals surface area contributed by atoms with Crippen molar-refractivity contribution < 1.29 is 9.21 Å². The molecule has 0 radical (unpaired) electrons. The van der Waals surface area contributed by atoms with Crippen molar-refractivity contribution in [2.24, 2.45) is 0 Å². The lowest BCUT2D eigenvalue weighted by Crippen LogP contribution is -2.39. The van der Waals surface area contributed by atoms with Crippen molar-refractivity contribution in [3.8, 4) is 6.07 Å². The zero-order valence-electron chi connectivity index (χ0n) is 7.33. The maximum atomic E-state index is 10.9. The van der Waals surface area contributed by atoms with Crippen LogP contribution in [-0.4, -0.2) is 5.78 Å². The van der Waals surface area contributed by atoms with Gasteiger partial charge in [0.25, 0.3) is 0 Å². The third kappa shape index (κ3) is 1.06. The fraction of sp³-hybridized carbons (Fsp3) is 0.400. The molecule has 0 unspecified atom stereocenters. The summed E-state index contributed by atoms with van der Waals surface area (Å²) in [4.78, 5) is 10.9. The average Bonchev–Trinajstić information content (AvgIpc) is 2.46. The van der Waals surface area contributed by atoms with E-state index in [2.05, 4.69) is 6.07 Å². The third-order valence-electron chi connectivity index (χ3n) is 2.42. The van der Waals surface area contributed by atoms with Crippen LogP contribution in [0.25, 0.3) is 0 Å². The van der Waals surface area contributed by atoms with E-state index < -0.39 is 5.41 Å². The van der Waals surface area contributed by atoms with E-state index in [0.29, 0.717) is 18.6 Å². The van der Waals surface area contributed by atoms with Gasteiger partial charge in [0.2, 0.25) is 0 Å². The van der Waals surface area contributed by atoms with E-state index in [-0.39, 0.29) is 5.78 Å². The van der Waals surface area contributed by atoms with Crippen LogP contribution in [0.15, 0.2) is 16.5 Å². The Bertz CT molecular complexity index is 389. The number of rotatable bonds is 1. The number of carbonyl (C=O) groups is 1. The Morgan fingerprint density at radius 1 is 1.54 bits per heavy atom. The van der Waals surface area contributed by atoms with Crippen LogP contribution in [0.5, 0.6) is 0 Å². The quantitative estimate of drug-likeness (QED) is 0.652. The molecule has 1 aromatic rings. The van der Waals surface area contributed by atoms with Gasteiger partial charge in [-0.2, -0.15) is 5.26 Å². The Balaban J connectivity index is 2.35. The lowest BCUT2D eigenvalue weighted by molar-refractivity contribution is -0.127. The average molecular weight is 175 g/mol. The molecule has 1 aliphatic rings. The Hall–Kier alpha value is -1.56. The zero-order chi connectivity index (χ0) is 9.47. The summed E-state index contributed by atoms with van der Waals surface area (Å²) in [6.45, 7) is 1.83. The number of carbonyl (C=O) groups excluding carboxylic acids is 1. The number of nitriles is 1. The fourth-order valence-electron chi connectivity index (χ4n) is 1.62. The number of aryl methyl sites for hydroxylation is 1. The predicted octanol–water partition coefficient (Wildman–Crippen LogP) is 1.71. The highest BCUT2D eigenvalue weighted by molar-refractivity contribution is 5.89. The number of ketones is 1. The minimum Gasteiger partial charge on any atom is -0.465 e. The van der Waals surface area contributed by atoms with Crippen LogP contribution >= 0.6 is 0 Å². The minimum atomic E-state index is -0.661. The standard InChI is InChI=1S/C10H9NO2/c1-7-2-3-9(13-7)10(6-11)4-8(12)5-10/h2-3H,4-5H2,1H3. The molecule has 1 saturated carbocycles. The molecule has 3 nitrogen and oxygen atoms in total. The van der Waals surface area contributed by atoms with E-state index in [1.165, 1.54) is 0 Å². The lowest BCUT2D eigenvalue weighted by atomic mass is 9.67. The van der Waals surface area contributed by atoms with E-state index in [4.69, 9.17) is 9.68 Å². The van der Waals surface area contributed by atoms with E-state index >= 15 is 0 Å². The first-order valence-corrected chi connectivity index (χ1v) is 4.16. The molecule has 66 valence electrons. The molecular weight excluding hydrogens is 166 g/mol. The zero-order valence-corrected chi connectivity index (χ0v) is 7.33. The van der Waals surface area contributed by atoms with Gasteiger partial charge in [-0.25, -0.2) is 0 Å². The first-order valence-electron chi connectivity index (χ1n) is 4.16. The molecule has 0 spiro atoms. The summed E-state index contributed by atoms with van der Waals surface area (Å²) < 4.78 is 5.36. The van der Waals surface area contributed by atoms with Gasteiger partial charge in [0.15, 0.2) is 0 Å². The number of hydrogen-bond donors (Lipinski definition) is 0. The fourth-order valence-corrected chi connectivity index (χ4v) is 1.62. The molecule has 0 N–H and O–H groups in total. The highest BCUT2D eigenvalue weighted by atomic mass is 16.3. The van der Waals surface area contributed by atoms with Crippen molar-refractivity contribution in [2.75, 3.05) is 0 Å². The van der Waals surface area contributed by atoms with E-state index in [1.54, 1.807) is 6.07 Å². The monoisotopic (exact) mass is 175 g/mol. The van der Waals surface area contributed by atoms with Crippen LogP contribution in [0.3, 0.4) is 0 Å². The second kappa shape index (κ2) is 2.46. The first-order chi connectivity index (χ1) is 6.16. The van der Waals surface area contributed by atoms with Crippen LogP contribution in [-0.2, 0) is 10.2 Å². The van der Waals surface area contributed by atoms with Gasteiger partial charge in [-0.3, -0.25) is 4.79 Å². The summed E-state index contributed by atoms with van der Waals surface area (Å²) >= 11 is 0. The molecule has 13 heavy (non-hydrogen) atoms. The van der Waals surface area contributed by atoms with Crippen LogP contribution in [0.2, 0.25) is 0 Å². The molecule has 1 aromatic heterocycles. The molecule has 1 fully saturated rings. The Morgan fingerprint density at radius 3 is 2.62 bits per heavy atom. The van der Waals surface area contributed by atoms with E-state index in [0.717, 1.165) is 5.76 Å². The summed E-state index contributed by atoms with van der Waals surface area (Å²) in [5.74, 6) is 1.55. The third-order valence-corrected chi connectivity index (χ3v) is 2.42. The summed E-state index contributed by atoms with van der Waals surface area (Å²) in [6, 6.07) is 5.76. The Kier molecular flexibility index (Phi) is 1.53.